The molecule has 21 heavy (non-hydrogen) atoms. The first kappa shape index (κ1) is 14.9. The summed E-state index contributed by atoms with van der Waals surface area (Å²) in [6.07, 6.45) is 0. The van der Waals surface area contributed by atoms with Crippen LogP contribution in [-0.2, 0) is 0 Å². The Morgan fingerprint density at radius 2 is 1.67 bits per heavy atom. The highest BCUT2D eigenvalue weighted by atomic mass is 16.5. The number of carbonyl (C=O) groups excluding carboxylic acids is 1. The Hall–Kier alpha value is -2.49. The molecule has 0 aliphatic carbocycles. The van der Waals surface area contributed by atoms with Crippen LogP contribution in [0.5, 0.6) is 5.75 Å². The van der Waals surface area contributed by atoms with E-state index >= 15 is 0 Å². The van der Waals surface area contributed by atoms with Crippen molar-refractivity contribution in [3.63, 3.8) is 0 Å². The van der Waals surface area contributed by atoms with Crippen LogP contribution in [0.15, 0.2) is 60.7 Å². The molecule has 0 saturated heterocycles. The van der Waals surface area contributed by atoms with E-state index in [4.69, 9.17) is 4.74 Å². The summed E-state index contributed by atoms with van der Waals surface area (Å²) in [4.78, 5) is 11.8. The van der Waals surface area contributed by atoms with Crippen molar-refractivity contribution in [2.45, 2.75) is 13.0 Å². The minimum absolute atomic E-state index is 0.0266. The second kappa shape index (κ2) is 7.94. The fourth-order valence-corrected chi connectivity index (χ4v) is 1.92. The van der Waals surface area contributed by atoms with Gasteiger partial charge in [-0.15, -0.1) is 0 Å². The first-order valence-electron chi connectivity index (χ1n) is 7.03. The Balaban J connectivity index is 1.66. The van der Waals surface area contributed by atoms with E-state index in [0.29, 0.717) is 13.2 Å². The van der Waals surface area contributed by atoms with Gasteiger partial charge in [-0.05, 0) is 24.6 Å². The van der Waals surface area contributed by atoms with Gasteiger partial charge in [0.1, 0.15) is 12.4 Å². The normalized spacial score (nSPS) is 11.5. The minimum Gasteiger partial charge on any atom is -0.492 e. The topological polar surface area (TPSA) is 50.4 Å². The van der Waals surface area contributed by atoms with Crippen LogP contribution >= 0.6 is 0 Å². The molecule has 110 valence electrons. The largest absolute Gasteiger partial charge is 0.492 e. The predicted molar refractivity (Wildman–Crippen MR) is 83.3 cm³/mol. The first-order valence-corrected chi connectivity index (χ1v) is 7.03. The molecule has 0 aliphatic heterocycles. The van der Waals surface area contributed by atoms with Crippen molar-refractivity contribution in [2.24, 2.45) is 0 Å². The molecule has 0 spiro atoms. The molecule has 0 fully saturated rings. The highest BCUT2D eigenvalue weighted by molar-refractivity contribution is 5.74. The van der Waals surface area contributed by atoms with Crippen molar-refractivity contribution in [2.75, 3.05) is 13.2 Å². The molecule has 2 N–H and O–H groups in total. The van der Waals surface area contributed by atoms with E-state index in [9.17, 15) is 4.79 Å². The van der Waals surface area contributed by atoms with Crippen LogP contribution in [0.3, 0.4) is 0 Å². The Morgan fingerprint density at radius 1 is 1.05 bits per heavy atom. The maximum atomic E-state index is 11.8. The zero-order valence-corrected chi connectivity index (χ0v) is 12.1. The van der Waals surface area contributed by atoms with E-state index < -0.39 is 0 Å². The maximum absolute atomic E-state index is 11.8. The van der Waals surface area contributed by atoms with Crippen molar-refractivity contribution in [3.05, 3.63) is 66.2 Å². The molecule has 1 atom stereocenters. The Kier molecular flexibility index (Phi) is 5.64. The maximum Gasteiger partial charge on any atom is 0.315 e. The number of benzene rings is 2. The van der Waals surface area contributed by atoms with Crippen LogP contribution < -0.4 is 15.4 Å². The van der Waals surface area contributed by atoms with Gasteiger partial charge in [0.15, 0.2) is 0 Å². The lowest BCUT2D eigenvalue weighted by atomic mass is 10.1. The minimum atomic E-state index is -0.192. The summed E-state index contributed by atoms with van der Waals surface area (Å²) >= 11 is 0. The van der Waals surface area contributed by atoms with Crippen molar-refractivity contribution in [1.29, 1.82) is 0 Å². The molecule has 2 rings (SSSR count). The molecule has 4 nitrogen and oxygen atoms in total. The lowest BCUT2D eigenvalue weighted by Gasteiger charge is -2.15. The summed E-state index contributed by atoms with van der Waals surface area (Å²) in [5, 5.41) is 5.67. The van der Waals surface area contributed by atoms with Gasteiger partial charge in [0, 0.05) is 0 Å². The summed E-state index contributed by atoms with van der Waals surface area (Å²) in [5.41, 5.74) is 1.08. The average Bonchev–Trinajstić information content (AvgIpc) is 2.53. The first-order chi connectivity index (χ1) is 10.3. The molecule has 0 aliphatic rings. The summed E-state index contributed by atoms with van der Waals surface area (Å²) in [6.45, 7) is 2.86. The standard InChI is InChI=1S/C17H20N2O2/c1-14(15-8-4-2-5-9-15)19-17(20)18-12-13-21-16-10-6-3-7-11-16/h2-11,14H,12-13H2,1H3,(H2,18,19,20). The molecule has 0 aromatic heterocycles. The van der Waals surface area contributed by atoms with Crippen LogP contribution in [0, 0.1) is 0 Å². The van der Waals surface area contributed by atoms with Crippen molar-refractivity contribution < 1.29 is 9.53 Å². The second-order valence-corrected chi connectivity index (χ2v) is 4.69. The van der Waals surface area contributed by atoms with Gasteiger partial charge in [-0.2, -0.15) is 0 Å². The molecule has 0 radical (unpaired) electrons. The predicted octanol–water partition coefficient (Wildman–Crippen LogP) is 3.13. The zero-order chi connectivity index (χ0) is 14.9. The van der Waals surface area contributed by atoms with E-state index in [0.717, 1.165) is 11.3 Å². The van der Waals surface area contributed by atoms with Crippen LogP contribution in [0.25, 0.3) is 0 Å². The van der Waals surface area contributed by atoms with E-state index in [1.165, 1.54) is 0 Å². The van der Waals surface area contributed by atoms with E-state index in [2.05, 4.69) is 10.6 Å². The number of urea groups is 1. The van der Waals surface area contributed by atoms with Gasteiger partial charge in [0.25, 0.3) is 0 Å². The number of hydrogen-bond acceptors (Lipinski definition) is 2. The number of rotatable bonds is 6. The van der Waals surface area contributed by atoms with Gasteiger partial charge >= 0.3 is 6.03 Å². The average molecular weight is 284 g/mol. The molecule has 1 unspecified atom stereocenters. The molecule has 2 amide bonds. The molecule has 0 saturated carbocycles. The van der Waals surface area contributed by atoms with E-state index in [-0.39, 0.29) is 12.1 Å². The van der Waals surface area contributed by atoms with E-state index in [1.807, 2.05) is 67.6 Å². The van der Waals surface area contributed by atoms with Crippen LogP contribution in [0.1, 0.15) is 18.5 Å². The van der Waals surface area contributed by atoms with Crippen LogP contribution in [0.4, 0.5) is 4.79 Å². The Morgan fingerprint density at radius 3 is 2.33 bits per heavy atom. The number of carbonyl (C=O) groups is 1. The number of para-hydroxylation sites is 1. The molecule has 2 aromatic carbocycles. The van der Waals surface area contributed by atoms with E-state index in [1.54, 1.807) is 0 Å². The van der Waals surface area contributed by atoms with Crippen molar-refractivity contribution >= 4 is 6.03 Å². The fraction of sp³-hybridized carbons (Fsp3) is 0.235. The third kappa shape index (κ3) is 5.18. The molecular weight excluding hydrogens is 264 g/mol. The number of nitrogens with one attached hydrogen (secondary N) is 2. The van der Waals surface area contributed by atoms with Crippen LogP contribution in [0.2, 0.25) is 0 Å². The smallest absolute Gasteiger partial charge is 0.315 e. The quantitative estimate of drug-likeness (QED) is 0.801. The van der Waals surface area contributed by atoms with Gasteiger partial charge < -0.3 is 15.4 Å². The summed E-state index contributed by atoms with van der Waals surface area (Å²) in [6, 6.07) is 19.2. The SMILES string of the molecule is CC(NC(=O)NCCOc1ccccc1)c1ccccc1. The van der Waals surface area contributed by atoms with Gasteiger partial charge in [-0.25, -0.2) is 4.79 Å². The zero-order valence-electron chi connectivity index (χ0n) is 12.1. The third-order valence-electron chi connectivity index (χ3n) is 3.05. The van der Waals surface area contributed by atoms with Crippen molar-refractivity contribution in [1.82, 2.24) is 10.6 Å². The van der Waals surface area contributed by atoms with Gasteiger partial charge in [-0.1, -0.05) is 48.5 Å². The lowest BCUT2D eigenvalue weighted by Crippen LogP contribution is -2.38. The van der Waals surface area contributed by atoms with Gasteiger partial charge in [0.05, 0.1) is 12.6 Å². The molecule has 0 bridgehead atoms. The summed E-state index contributed by atoms with van der Waals surface area (Å²) in [5.74, 6) is 0.803. The second-order valence-electron chi connectivity index (χ2n) is 4.69. The third-order valence-corrected chi connectivity index (χ3v) is 3.05. The lowest BCUT2D eigenvalue weighted by molar-refractivity contribution is 0.233. The Bertz CT molecular complexity index is 543. The van der Waals surface area contributed by atoms with Crippen LogP contribution in [-0.4, -0.2) is 19.2 Å². The highest BCUT2D eigenvalue weighted by Crippen LogP contribution is 2.10. The Labute approximate surface area is 125 Å². The van der Waals surface area contributed by atoms with Gasteiger partial charge in [0.2, 0.25) is 0 Å². The summed E-state index contributed by atoms with van der Waals surface area (Å²) in [7, 11) is 0. The number of hydrogen-bond donors (Lipinski definition) is 2. The molecular formula is C17H20N2O2. The number of amides is 2. The highest BCUT2D eigenvalue weighted by Gasteiger charge is 2.08. The molecule has 2 aromatic rings. The van der Waals surface area contributed by atoms with Crippen molar-refractivity contribution in [3.8, 4) is 5.75 Å². The number of ether oxygens (including phenoxy) is 1. The summed E-state index contributed by atoms with van der Waals surface area (Å²) < 4.78 is 5.50. The molecule has 0 heterocycles. The monoisotopic (exact) mass is 284 g/mol. The fourth-order valence-electron chi connectivity index (χ4n) is 1.92. The van der Waals surface area contributed by atoms with Gasteiger partial charge in [-0.3, -0.25) is 0 Å². The molecule has 4 heteroatoms.